The van der Waals surface area contributed by atoms with Gasteiger partial charge in [-0.15, -0.1) is 0 Å². The third-order valence-corrected chi connectivity index (χ3v) is 2.06. The van der Waals surface area contributed by atoms with Crippen molar-refractivity contribution in [1.82, 2.24) is 5.32 Å². The minimum atomic E-state index is -0.196. The quantitative estimate of drug-likeness (QED) is 0.770. The standard InChI is InChI=1S/C11H13N3O/c12-7-9-1-3-10(4-2-9)15-11-8-13-5-6-14-11/h1-6,8,11,14H,7,12H2. The molecule has 1 unspecified atom stereocenters. The van der Waals surface area contributed by atoms with Gasteiger partial charge in [-0.25, -0.2) is 0 Å². The number of benzene rings is 1. The second-order valence-corrected chi connectivity index (χ2v) is 3.17. The summed E-state index contributed by atoms with van der Waals surface area (Å²) in [6.07, 6.45) is 4.94. The summed E-state index contributed by atoms with van der Waals surface area (Å²) in [6, 6.07) is 7.70. The van der Waals surface area contributed by atoms with Gasteiger partial charge in [0, 0.05) is 18.9 Å². The first-order chi connectivity index (χ1) is 7.38. The maximum absolute atomic E-state index is 5.60. The molecule has 0 saturated heterocycles. The fourth-order valence-corrected chi connectivity index (χ4v) is 1.27. The van der Waals surface area contributed by atoms with Gasteiger partial charge in [0.1, 0.15) is 5.75 Å². The molecule has 3 N–H and O–H groups in total. The third-order valence-electron chi connectivity index (χ3n) is 2.06. The Hall–Kier alpha value is -1.81. The number of nitrogens with two attached hydrogens (primary N) is 1. The van der Waals surface area contributed by atoms with Crippen LogP contribution < -0.4 is 15.8 Å². The number of hydrogen-bond donors (Lipinski definition) is 2. The third kappa shape index (κ3) is 2.57. The number of ether oxygens (including phenoxy) is 1. The minimum absolute atomic E-state index is 0.196. The predicted molar refractivity (Wildman–Crippen MR) is 59.5 cm³/mol. The number of nitrogens with zero attached hydrogens (tertiary/aromatic N) is 1. The molecule has 0 spiro atoms. The molecule has 78 valence electrons. The predicted octanol–water partition coefficient (Wildman–Crippen LogP) is 0.995. The Balaban J connectivity index is 1.98. The van der Waals surface area contributed by atoms with Gasteiger partial charge in [0.2, 0.25) is 6.23 Å². The van der Waals surface area contributed by atoms with Crippen molar-refractivity contribution in [3.63, 3.8) is 0 Å². The lowest BCUT2D eigenvalue weighted by Gasteiger charge is -2.16. The Labute approximate surface area is 88.5 Å². The Morgan fingerprint density at radius 2 is 2.13 bits per heavy atom. The molecule has 1 aromatic carbocycles. The second-order valence-electron chi connectivity index (χ2n) is 3.17. The maximum Gasteiger partial charge on any atom is 0.206 e. The summed E-state index contributed by atoms with van der Waals surface area (Å²) < 4.78 is 5.60. The lowest BCUT2D eigenvalue weighted by molar-refractivity contribution is 0.249. The van der Waals surface area contributed by atoms with Crippen LogP contribution in [-0.4, -0.2) is 12.4 Å². The van der Waals surface area contributed by atoms with E-state index in [0.717, 1.165) is 11.3 Å². The zero-order chi connectivity index (χ0) is 10.5. The van der Waals surface area contributed by atoms with Gasteiger partial charge in [0.25, 0.3) is 0 Å². The molecule has 2 rings (SSSR count). The molecule has 1 aliphatic rings. The molecule has 1 heterocycles. The summed E-state index contributed by atoms with van der Waals surface area (Å²) in [5, 5.41) is 3.02. The molecule has 0 radical (unpaired) electrons. The van der Waals surface area contributed by atoms with E-state index in [9.17, 15) is 0 Å². The second kappa shape index (κ2) is 4.61. The molecule has 4 heteroatoms. The average Bonchev–Trinajstić information content (AvgIpc) is 2.31. The van der Waals surface area contributed by atoms with Crippen LogP contribution in [0.4, 0.5) is 0 Å². The summed E-state index contributed by atoms with van der Waals surface area (Å²) in [6.45, 7) is 0.548. The van der Waals surface area contributed by atoms with E-state index in [1.54, 1.807) is 18.6 Å². The topological polar surface area (TPSA) is 59.6 Å². The summed E-state index contributed by atoms with van der Waals surface area (Å²) in [4.78, 5) is 3.98. The van der Waals surface area contributed by atoms with Crippen molar-refractivity contribution in [2.45, 2.75) is 12.8 Å². The molecular weight excluding hydrogens is 190 g/mol. The molecule has 0 aromatic heterocycles. The average molecular weight is 203 g/mol. The smallest absolute Gasteiger partial charge is 0.206 e. The number of aliphatic imine (C=N–C) groups is 1. The molecule has 1 aromatic rings. The number of hydrogen-bond acceptors (Lipinski definition) is 4. The van der Waals surface area contributed by atoms with Crippen LogP contribution in [0.5, 0.6) is 5.75 Å². The highest BCUT2D eigenvalue weighted by molar-refractivity contribution is 5.65. The zero-order valence-electron chi connectivity index (χ0n) is 8.26. The molecule has 4 nitrogen and oxygen atoms in total. The minimum Gasteiger partial charge on any atom is -0.466 e. The molecule has 0 saturated carbocycles. The van der Waals surface area contributed by atoms with Crippen LogP contribution in [0, 0.1) is 0 Å². The van der Waals surface area contributed by atoms with Crippen LogP contribution in [0.15, 0.2) is 41.7 Å². The van der Waals surface area contributed by atoms with Crippen molar-refractivity contribution in [2.75, 3.05) is 0 Å². The Morgan fingerprint density at radius 3 is 2.73 bits per heavy atom. The van der Waals surface area contributed by atoms with Crippen molar-refractivity contribution >= 4 is 6.21 Å². The van der Waals surface area contributed by atoms with Crippen LogP contribution in [0.1, 0.15) is 5.56 Å². The zero-order valence-corrected chi connectivity index (χ0v) is 8.26. The van der Waals surface area contributed by atoms with Gasteiger partial charge in [0.05, 0.1) is 6.21 Å². The Morgan fingerprint density at radius 1 is 1.33 bits per heavy atom. The van der Waals surface area contributed by atoms with E-state index in [4.69, 9.17) is 10.5 Å². The van der Waals surface area contributed by atoms with E-state index in [-0.39, 0.29) is 6.23 Å². The van der Waals surface area contributed by atoms with Crippen LogP contribution in [0.25, 0.3) is 0 Å². The van der Waals surface area contributed by atoms with Crippen molar-refractivity contribution in [1.29, 1.82) is 0 Å². The SMILES string of the molecule is NCc1ccc(OC2C=NC=CN2)cc1. The first-order valence-electron chi connectivity index (χ1n) is 4.78. The first-order valence-corrected chi connectivity index (χ1v) is 4.78. The number of nitrogens with one attached hydrogen (secondary N) is 1. The van der Waals surface area contributed by atoms with Crippen molar-refractivity contribution in [2.24, 2.45) is 10.7 Å². The van der Waals surface area contributed by atoms with E-state index >= 15 is 0 Å². The van der Waals surface area contributed by atoms with E-state index in [0.29, 0.717) is 6.54 Å². The highest BCUT2D eigenvalue weighted by atomic mass is 16.5. The van der Waals surface area contributed by atoms with E-state index < -0.39 is 0 Å². The van der Waals surface area contributed by atoms with Gasteiger partial charge in [0.15, 0.2) is 0 Å². The molecule has 0 bridgehead atoms. The fraction of sp³-hybridized carbons (Fsp3) is 0.182. The first kappa shape index (κ1) is 9.73. The summed E-state index contributed by atoms with van der Waals surface area (Å²) in [5.41, 5.74) is 6.59. The fourth-order valence-electron chi connectivity index (χ4n) is 1.27. The van der Waals surface area contributed by atoms with Crippen molar-refractivity contribution in [3.05, 3.63) is 42.2 Å². The van der Waals surface area contributed by atoms with Gasteiger partial charge in [-0.3, -0.25) is 4.99 Å². The summed E-state index contributed by atoms with van der Waals surface area (Å²) in [5.74, 6) is 0.798. The molecule has 0 aliphatic carbocycles. The van der Waals surface area contributed by atoms with Gasteiger partial charge in [-0.05, 0) is 17.7 Å². The van der Waals surface area contributed by atoms with Crippen LogP contribution in [0.3, 0.4) is 0 Å². The van der Waals surface area contributed by atoms with Crippen molar-refractivity contribution in [3.8, 4) is 5.75 Å². The van der Waals surface area contributed by atoms with Crippen molar-refractivity contribution < 1.29 is 4.74 Å². The maximum atomic E-state index is 5.60. The highest BCUT2D eigenvalue weighted by Crippen LogP contribution is 2.13. The molecule has 1 aliphatic heterocycles. The Kier molecular flexibility index (Phi) is 2.99. The van der Waals surface area contributed by atoms with E-state index in [1.807, 2.05) is 24.3 Å². The van der Waals surface area contributed by atoms with E-state index in [1.165, 1.54) is 0 Å². The molecule has 1 atom stereocenters. The van der Waals surface area contributed by atoms with Crippen LogP contribution in [0.2, 0.25) is 0 Å². The number of rotatable bonds is 3. The molecule has 0 fully saturated rings. The van der Waals surface area contributed by atoms with Gasteiger partial charge < -0.3 is 15.8 Å². The summed E-state index contributed by atoms with van der Waals surface area (Å²) in [7, 11) is 0. The van der Waals surface area contributed by atoms with E-state index in [2.05, 4.69) is 10.3 Å². The largest absolute Gasteiger partial charge is 0.466 e. The summed E-state index contributed by atoms with van der Waals surface area (Å²) >= 11 is 0. The van der Waals surface area contributed by atoms with Gasteiger partial charge in [-0.2, -0.15) is 0 Å². The monoisotopic (exact) mass is 203 g/mol. The molecule has 0 amide bonds. The van der Waals surface area contributed by atoms with Gasteiger partial charge >= 0.3 is 0 Å². The lowest BCUT2D eigenvalue weighted by atomic mass is 10.2. The molecule has 15 heavy (non-hydrogen) atoms. The normalized spacial score (nSPS) is 18.6. The Bertz CT molecular complexity index is 370. The highest BCUT2D eigenvalue weighted by Gasteiger charge is 2.06. The lowest BCUT2D eigenvalue weighted by Crippen LogP contribution is -2.33. The van der Waals surface area contributed by atoms with Crippen LogP contribution >= 0.6 is 0 Å². The van der Waals surface area contributed by atoms with Crippen LogP contribution in [-0.2, 0) is 6.54 Å². The molecular formula is C11H13N3O. The van der Waals surface area contributed by atoms with Gasteiger partial charge in [-0.1, -0.05) is 12.1 Å².